The van der Waals surface area contributed by atoms with Gasteiger partial charge in [-0.15, -0.1) is 0 Å². The highest BCUT2D eigenvalue weighted by Crippen LogP contribution is 2.30. The summed E-state index contributed by atoms with van der Waals surface area (Å²) >= 11 is 3.34. The molecule has 0 aliphatic carbocycles. The molecule has 5 nitrogen and oxygen atoms in total. The van der Waals surface area contributed by atoms with Crippen molar-refractivity contribution in [3.8, 4) is 11.1 Å². The van der Waals surface area contributed by atoms with E-state index in [1.807, 2.05) is 31.2 Å². The Balaban J connectivity index is 2.45. The molecule has 0 radical (unpaired) electrons. The number of aromatic nitrogens is 2. The van der Waals surface area contributed by atoms with Gasteiger partial charge in [-0.05, 0) is 25.0 Å². The predicted octanol–water partition coefficient (Wildman–Crippen LogP) is 3.86. The highest BCUT2D eigenvalue weighted by molar-refractivity contribution is 9.09. The number of halogens is 1. The number of carboxylic acids is 1. The van der Waals surface area contributed by atoms with Gasteiger partial charge in [0.25, 0.3) is 5.56 Å². The zero-order valence-corrected chi connectivity index (χ0v) is 15.3. The lowest BCUT2D eigenvalue weighted by Gasteiger charge is -2.17. The van der Waals surface area contributed by atoms with Gasteiger partial charge in [-0.25, -0.2) is 4.79 Å². The lowest BCUT2D eigenvalue weighted by atomic mass is 9.97. The third kappa shape index (κ3) is 3.22. The van der Waals surface area contributed by atoms with Crippen molar-refractivity contribution in [2.24, 2.45) is 0 Å². The number of carbonyl (C=O) groups is 1. The van der Waals surface area contributed by atoms with Crippen LogP contribution in [0.4, 0.5) is 0 Å². The average Bonchev–Trinajstić information content (AvgIpc) is 2.61. The molecule has 25 heavy (non-hydrogen) atoms. The largest absolute Gasteiger partial charge is 0.477 e. The van der Waals surface area contributed by atoms with E-state index in [0.29, 0.717) is 29.2 Å². The Morgan fingerprint density at radius 1 is 1.24 bits per heavy atom. The first-order valence-electron chi connectivity index (χ1n) is 7.92. The summed E-state index contributed by atoms with van der Waals surface area (Å²) in [5, 5.41) is 11.1. The molecule has 0 saturated heterocycles. The van der Waals surface area contributed by atoms with Gasteiger partial charge in [-0.2, -0.15) is 0 Å². The summed E-state index contributed by atoms with van der Waals surface area (Å²) in [7, 11) is 0. The van der Waals surface area contributed by atoms with Crippen LogP contribution in [0.1, 0.15) is 22.5 Å². The van der Waals surface area contributed by atoms with Gasteiger partial charge in [-0.3, -0.25) is 9.78 Å². The number of nitrogens with zero attached hydrogens (tertiary/aromatic N) is 2. The number of hydrogen-bond acceptors (Lipinski definition) is 3. The van der Waals surface area contributed by atoms with Crippen molar-refractivity contribution in [3.05, 3.63) is 64.2 Å². The SMILES string of the molecule is Cc1ccc(-c2c(C(=O)O)n(CCCBr)c(=O)c3ncccc23)cc1. The second-order valence-electron chi connectivity index (χ2n) is 5.79. The van der Waals surface area contributed by atoms with Crippen molar-refractivity contribution in [1.29, 1.82) is 0 Å². The van der Waals surface area contributed by atoms with E-state index in [4.69, 9.17) is 0 Å². The highest BCUT2D eigenvalue weighted by atomic mass is 79.9. The molecule has 3 aromatic rings. The van der Waals surface area contributed by atoms with E-state index in [9.17, 15) is 14.7 Å². The number of pyridine rings is 2. The minimum atomic E-state index is -1.12. The van der Waals surface area contributed by atoms with Crippen molar-refractivity contribution >= 4 is 32.8 Å². The van der Waals surface area contributed by atoms with Gasteiger partial charge < -0.3 is 9.67 Å². The molecule has 0 bridgehead atoms. The van der Waals surface area contributed by atoms with E-state index in [0.717, 1.165) is 11.1 Å². The van der Waals surface area contributed by atoms with Crippen LogP contribution in [0.25, 0.3) is 22.0 Å². The number of carboxylic acid groups (broad SMARTS) is 1. The minimum Gasteiger partial charge on any atom is -0.477 e. The van der Waals surface area contributed by atoms with Crippen LogP contribution >= 0.6 is 15.9 Å². The zero-order valence-electron chi connectivity index (χ0n) is 13.7. The van der Waals surface area contributed by atoms with E-state index in [2.05, 4.69) is 20.9 Å². The first-order chi connectivity index (χ1) is 12.0. The summed E-state index contributed by atoms with van der Waals surface area (Å²) in [5.41, 5.74) is 2.30. The first-order valence-corrected chi connectivity index (χ1v) is 9.04. The molecule has 0 amide bonds. The number of fused-ring (bicyclic) bond motifs is 1. The van der Waals surface area contributed by atoms with E-state index in [1.165, 1.54) is 4.57 Å². The summed E-state index contributed by atoms with van der Waals surface area (Å²) < 4.78 is 1.33. The summed E-state index contributed by atoms with van der Waals surface area (Å²) in [6, 6.07) is 11.1. The molecule has 2 aromatic heterocycles. The van der Waals surface area contributed by atoms with E-state index in [1.54, 1.807) is 18.3 Å². The maximum absolute atomic E-state index is 12.8. The fourth-order valence-electron chi connectivity index (χ4n) is 2.94. The lowest BCUT2D eigenvalue weighted by molar-refractivity contribution is 0.0684. The Hall–Kier alpha value is -2.47. The molecule has 0 saturated carbocycles. The molecule has 0 fully saturated rings. The molecule has 0 aliphatic heterocycles. The minimum absolute atomic E-state index is 0.00954. The molecule has 128 valence electrons. The number of aryl methyl sites for hydroxylation is 1. The Bertz CT molecular complexity index is 994. The van der Waals surface area contributed by atoms with Crippen molar-refractivity contribution in [2.75, 3.05) is 5.33 Å². The van der Waals surface area contributed by atoms with Crippen molar-refractivity contribution in [2.45, 2.75) is 19.9 Å². The van der Waals surface area contributed by atoms with Crippen LogP contribution in [0, 0.1) is 6.92 Å². The molecular formula is C19H17BrN2O3. The molecule has 0 unspecified atom stereocenters. The molecule has 2 heterocycles. The van der Waals surface area contributed by atoms with Crippen LogP contribution < -0.4 is 5.56 Å². The van der Waals surface area contributed by atoms with Crippen LogP contribution in [-0.4, -0.2) is 26.0 Å². The van der Waals surface area contributed by atoms with E-state index < -0.39 is 5.97 Å². The lowest BCUT2D eigenvalue weighted by Crippen LogP contribution is -2.28. The second kappa shape index (κ2) is 7.19. The summed E-state index contributed by atoms with van der Waals surface area (Å²) in [4.78, 5) is 29.1. The fourth-order valence-corrected chi connectivity index (χ4v) is 3.19. The van der Waals surface area contributed by atoms with Crippen LogP contribution in [0.5, 0.6) is 0 Å². The van der Waals surface area contributed by atoms with Gasteiger partial charge in [-0.1, -0.05) is 51.8 Å². The summed E-state index contributed by atoms with van der Waals surface area (Å²) in [6.07, 6.45) is 2.20. The van der Waals surface area contributed by atoms with Gasteiger partial charge in [0.2, 0.25) is 0 Å². The van der Waals surface area contributed by atoms with Crippen molar-refractivity contribution in [3.63, 3.8) is 0 Å². The van der Waals surface area contributed by atoms with Gasteiger partial charge in [0.15, 0.2) is 0 Å². The third-order valence-electron chi connectivity index (χ3n) is 4.09. The number of alkyl halides is 1. The quantitative estimate of drug-likeness (QED) is 0.660. The summed E-state index contributed by atoms with van der Waals surface area (Å²) in [5.74, 6) is -1.12. The van der Waals surface area contributed by atoms with Gasteiger partial charge >= 0.3 is 5.97 Å². The smallest absolute Gasteiger partial charge is 0.353 e. The van der Waals surface area contributed by atoms with Crippen LogP contribution in [0.2, 0.25) is 0 Å². The Labute approximate surface area is 153 Å². The first kappa shape index (κ1) is 17.4. The standard InChI is InChI=1S/C19H17BrN2O3/c1-12-5-7-13(8-6-12)15-14-4-2-10-21-16(14)18(23)22(11-3-9-20)17(15)19(24)25/h2,4-8,10H,3,9,11H2,1H3,(H,24,25). The topological polar surface area (TPSA) is 72.2 Å². The predicted molar refractivity (Wildman–Crippen MR) is 102 cm³/mol. The van der Waals surface area contributed by atoms with Crippen molar-refractivity contribution in [1.82, 2.24) is 9.55 Å². The van der Waals surface area contributed by atoms with Crippen LogP contribution in [-0.2, 0) is 6.54 Å². The Morgan fingerprint density at radius 2 is 1.96 bits per heavy atom. The monoisotopic (exact) mass is 400 g/mol. The van der Waals surface area contributed by atoms with E-state index in [-0.39, 0.29) is 16.8 Å². The highest BCUT2D eigenvalue weighted by Gasteiger charge is 2.23. The van der Waals surface area contributed by atoms with Gasteiger partial charge in [0.05, 0.1) is 0 Å². The molecule has 6 heteroatoms. The Morgan fingerprint density at radius 3 is 2.60 bits per heavy atom. The number of rotatable bonds is 5. The van der Waals surface area contributed by atoms with Gasteiger partial charge in [0.1, 0.15) is 11.2 Å². The number of aromatic carboxylic acids is 1. The molecular weight excluding hydrogens is 384 g/mol. The normalized spacial score (nSPS) is 11.0. The van der Waals surface area contributed by atoms with Gasteiger partial charge in [0, 0.05) is 29.0 Å². The van der Waals surface area contributed by atoms with Crippen LogP contribution in [0.3, 0.4) is 0 Å². The average molecular weight is 401 g/mol. The number of benzene rings is 1. The number of hydrogen-bond donors (Lipinski definition) is 1. The molecule has 3 rings (SSSR count). The maximum atomic E-state index is 12.8. The van der Waals surface area contributed by atoms with E-state index >= 15 is 0 Å². The second-order valence-corrected chi connectivity index (χ2v) is 6.59. The fraction of sp³-hybridized carbons (Fsp3) is 0.211. The Kier molecular flexibility index (Phi) is 4.99. The summed E-state index contributed by atoms with van der Waals surface area (Å²) in [6.45, 7) is 2.29. The van der Waals surface area contributed by atoms with Crippen molar-refractivity contribution < 1.29 is 9.90 Å². The third-order valence-corrected chi connectivity index (χ3v) is 4.65. The zero-order chi connectivity index (χ0) is 18.0. The molecule has 1 N–H and O–H groups in total. The maximum Gasteiger partial charge on any atom is 0.353 e. The molecule has 0 aliphatic rings. The van der Waals surface area contributed by atoms with Crippen LogP contribution in [0.15, 0.2) is 47.4 Å². The molecule has 0 atom stereocenters. The molecule has 1 aromatic carbocycles. The molecule has 0 spiro atoms.